The predicted molar refractivity (Wildman–Crippen MR) is 94.0 cm³/mol. The fraction of sp³-hybridized carbons (Fsp3) is 0.294. The van der Waals surface area contributed by atoms with E-state index in [9.17, 15) is 14.7 Å². The molecule has 1 aromatic heterocycles. The van der Waals surface area contributed by atoms with Crippen LogP contribution in [0.2, 0.25) is 0 Å². The van der Waals surface area contributed by atoms with Gasteiger partial charge in [-0.1, -0.05) is 46.3 Å². The Morgan fingerprint density at radius 2 is 2.04 bits per heavy atom. The van der Waals surface area contributed by atoms with E-state index in [2.05, 4.69) is 15.9 Å². The molecule has 1 N–H and O–H groups in total. The fourth-order valence-corrected chi connectivity index (χ4v) is 3.94. The largest absolute Gasteiger partial charge is 0.439 e. The van der Waals surface area contributed by atoms with Crippen molar-refractivity contribution in [3.63, 3.8) is 0 Å². The molecule has 2 heterocycles. The molecular formula is C17H16BrNO4S. The van der Waals surface area contributed by atoms with Gasteiger partial charge in [0, 0.05) is 0 Å². The second-order valence-electron chi connectivity index (χ2n) is 5.57. The van der Waals surface area contributed by atoms with Crippen LogP contribution in [0.4, 0.5) is 4.79 Å². The monoisotopic (exact) mass is 409 g/mol. The molecule has 0 unspecified atom stereocenters. The predicted octanol–water partition coefficient (Wildman–Crippen LogP) is 3.65. The van der Waals surface area contributed by atoms with E-state index in [1.165, 1.54) is 11.3 Å². The van der Waals surface area contributed by atoms with Crippen molar-refractivity contribution in [3.05, 3.63) is 58.3 Å². The number of ether oxygens (including phenoxy) is 1. The second kappa shape index (κ2) is 7.04. The summed E-state index contributed by atoms with van der Waals surface area (Å²) in [5.41, 5.74) is 1.47. The minimum absolute atomic E-state index is 0.456. The van der Waals surface area contributed by atoms with Crippen LogP contribution >= 0.6 is 27.3 Å². The minimum Gasteiger partial charge on any atom is -0.439 e. The summed E-state index contributed by atoms with van der Waals surface area (Å²) in [7, 11) is 0. The van der Waals surface area contributed by atoms with Crippen LogP contribution in [0.1, 0.15) is 30.3 Å². The van der Waals surface area contributed by atoms with Gasteiger partial charge in [0.15, 0.2) is 0 Å². The van der Waals surface area contributed by atoms with Gasteiger partial charge >= 0.3 is 6.09 Å². The molecule has 0 radical (unpaired) electrons. The van der Waals surface area contributed by atoms with Gasteiger partial charge in [0.2, 0.25) is 5.91 Å². The van der Waals surface area contributed by atoms with Gasteiger partial charge in [0.25, 0.3) is 0 Å². The molecule has 1 aromatic carbocycles. The number of imide groups is 1. The van der Waals surface area contributed by atoms with Crippen LogP contribution in [-0.4, -0.2) is 32.9 Å². The number of aliphatic hydroxyl groups excluding tert-OH is 1. The lowest BCUT2D eigenvalue weighted by Gasteiger charge is -2.23. The van der Waals surface area contributed by atoms with E-state index in [0.29, 0.717) is 5.56 Å². The number of carbonyl (C=O) groups excluding carboxylic acids is 2. The molecular weight excluding hydrogens is 394 g/mol. The fourth-order valence-electron chi connectivity index (χ4n) is 2.73. The van der Waals surface area contributed by atoms with Crippen molar-refractivity contribution in [1.29, 1.82) is 0 Å². The maximum atomic E-state index is 12.7. The molecule has 1 saturated heterocycles. The molecule has 1 aliphatic heterocycles. The average molecular weight is 410 g/mol. The Hall–Kier alpha value is -1.70. The van der Waals surface area contributed by atoms with Crippen molar-refractivity contribution in [2.45, 2.75) is 30.0 Å². The third-order valence-electron chi connectivity index (χ3n) is 4.03. The second-order valence-corrected chi connectivity index (χ2v) is 7.33. The highest BCUT2D eigenvalue weighted by Crippen LogP contribution is 2.35. The number of carbonyl (C=O) groups is 2. The number of alkyl halides is 1. The van der Waals surface area contributed by atoms with Crippen LogP contribution in [0.25, 0.3) is 0 Å². The molecule has 1 fully saturated rings. The number of thiophene rings is 1. The molecule has 0 spiro atoms. The number of amides is 2. The maximum Gasteiger partial charge on any atom is 0.417 e. The Balaban J connectivity index is 1.78. The van der Waals surface area contributed by atoms with Gasteiger partial charge < -0.3 is 9.84 Å². The van der Waals surface area contributed by atoms with E-state index in [-0.39, 0.29) is 0 Å². The highest BCUT2D eigenvalue weighted by atomic mass is 79.9. The molecule has 2 amide bonds. The topological polar surface area (TPSA) is 66.8 Å². The smallest absolute Gasteiger partial charge is 0.417 e. The zero-order valence-corrected chi connectivity index (χ0v) is 15.2. The lowest BCUT2D eigenvalue weighted by Crippen LogP contribution is -2.43. The Labute approximate surface area is 152 Å². The van der Waals surface area contributed by atoms with Gasteiger partial charge in [0.1, 0.15) is 17.0 Å². The number of halogens is 1. The van der Waals surface area contributed by atoms with E-state index in [4.69, 9.17) is 4.74 Å². The number of hydrogen-bond donors (Lipinski definition) is 1. The summed E-state index contributed by atoms with van der Waals surface area (Å²) >= 11 is 4.66. The third-order valence-corrected chi connectivity index (χ3v) is 5.63. The number of cyclic esters (lactones) is 1. The van der Waals surface area contributed by atoms with Crippen LogP contribution in [-0.2, 0) is 9.53 Å². The lowest BCUT2D eigenvalue weighted by atomic mass is 10.0. The van der Waals surface area contributed by atoms with Crippen molar-refractivity contribution < 1.29 is 19.4 Å². The van der Waals surface area contributed by atoms with E-state index < -0.39 is 35.1 Å². The van der Waals surface area contributed by atoms with Crippen LogP contribution in [0.5, 0.6) is 0 Å². The molecule has 4 atom stereocenters. The number of hydrogen-bond acceptors (Lipinski definition) is 5. The average Bonchev–Trinajstić information content (AvgIpc) is 3.22. The summed E-state index contributed by atoms with van der Waals surface area (Å²) in [6.07, 6.45) is -2.23. The molecule has 126 valence electrons. The first-order valence-electron chi connectivity index (χ1n) is 7.43. The normalized spacial score (nSPS) is 23.0. The summed E-state index contributed by atoms with van der Waals surface area (Å²) in [6.45, 7) is 1.76. The molecule has 0 saturated carbocycles. The van der Waals surface area contributed by atoms with Gasteiger partial charge in [-0.25, -0.2) is 9.69 Å². The summed E-state index contributed by atoms with van der Waals surface area (Å²) in [6, 6.07) is 10.6. The first-order chi connectivity index (χ1) is 11.5. The first-order valence-corrected chi connectivity index (χ1v) is 9.29. The van der Waals surface area contributed by atoms with Crippen molar-refractivity contribution >= 4 is 39.3 Å². The Morgan fingerprint density at radius 3 is 2.67 bits per heavy atom. The molecule has 0 aliphatic carbocycles. The van der Waals surface area contributed by atoms with Gasteiger partial charge in [-0.15, -0.1) is 0 Å². The zero-order valence-electron chi connectivity index (χ0n) is 12.8. The summed E-state index contributed by atoms with van der Waals surface area (Å²) in [5, 5.41) is 13.9. The van der Waals surface area contributed by atoms with Crippen LogP contribution in [0.15, 0.2) is 47.2 Å². The Morgan fingerprint density at radius 1 is 1.33 bits per heavy atom. The summed E-state index contributed by atoms with van der Waals surface area (Å²) in [5.74, 6) is -0.510. The van der Waals surface area contributed by atoms with Gasteiger partial charge in [-0.05, 0) is 34.9 Å². The minimum atomic E-state index is -1.03. The maximum absolute atomic E-state index is 12.7. The molecule has 5 nitrogen and oxygen atoms in total. The van der Waals surface area contributed by atoms with Crippen LogP contribution < -0.4 is 0 Å². The Kier molecular flexibility index (Phi) is 5.03. The Bertz CT molecular complexity index is 721. The summed E-state index contributed by atoms with van der Waals surface area (Å²) in [4.78, 5) is 25.1. The standard InChI is InChI=1S/C17H16BrNO4S/c1-10-15(11-5-3-2-4-6-11)23-17(22)19(10)16(21)13(18)14(20)12-7-8-24-9-12/h2-10,13-15,20H,1H3/t10-,13-,14+,15-/m0/s1. The van der Waals surface area contributed by atoms with Crippen molar-refractivity contribution in [3.8, 4) is 0 Å². The van der Waals surface area contributed by atoms with Crippen molar-refractivity contribution in [1.82, 2.24) is 4.90 Å². The van der Waals surface area contributed by atoms with Crippen LogP contribution in [0.3, 0.4) is 0 Å². The van der Waals surface area contributed by atoms with Crippen LogP contribution in [0, 0.1) is 0 Å². The number of benzene rings is 1. The highest BCUT2D eigenvalue weighted by molar-refractivity contribution is 9.10. The number of aliphatic hydroxyl groups is 1. The molecule has 1 aliphatic rings. The molecule has 0 bridgehead atoms. The quantitative estimate of drug-likeness (QED) is 0.782. The van der Waals surface area contributed by atoms with E-state index >= 15 is 0 Å². The third kappa shape index (κ3) is 3.11. The molecule has 2 aromatic rings. The first kappa shape index (κ1) is 17.1. The van der Waals surface area contributed by atoms with E-state index in [1.807, 2.05) is 35.7 Å². The molecule has 24 heavy (non-hydrogen) atoms. The van der Waals surface area contributed by atoms with Gasteiger partial charge in [0.05, 0.1) is 6.04 Å². The van der Waals surface area contributed by atoms with E-state index in [1.54, 1.807) is 18.4 Å². The van der Waals surface area contributed by atoms with Gasteiger partial charge in [-0.3, -0.25) is 4.79 Å². The number of rotatable bonds is 4. The van der Waals surface area contributed by atoms with Crippen molar-refractivity contribution in [2.24, 2.45) is 0 Å². The van der Waals surface area contributed by atoms with Gasteiger partial charge in [-0.2, -0.15) is 11.3 Å². The number of nitrogens with zero attached hydrogens (tertiary/aromatic N) is 1. The summed E-state index contributed by atoms with van der Waals surface area (Å²) < 4.78 is 5.38. The SMILES string of the molecule is C[C@H]1[C@@H](c2ccccc2)OC(=O)N1C(=O)[C@@H](Br)[C@H](O)c1ccsc1. The van der Waals surface area contributed by atoms with Crippen molar-refractivity contribution in [2.75, 3.05) is 0 Å². The molecule has 3 rings (SSSR count). The highest BCUT2D eigenvalue weighted by Gasteiger charge is 2.46. The zero-order chi connectivity index (χ0) is 17.3. The lowest BCUT2D eigenvalue weighted by molar-refractivity contribution is -0.130. The molecule has 7 heteroatoms. The van der Waals surface area contributed by atoms with E-state index in [0.717, 1.165) is 10.5 Å².